The second-order valence-corrected chi connectivity index (χ2v) is 12.0. The molecule has 0 atom stereocenters. The largest absolute Gasteiger partial charge is 0.378 e. The summed E-state index contributed by atoms with van der Waals surface area (Å²) in [4.78, 5) is 43.6. The van der Waals surface area contributed by atoms with Gasteiger partial charge in [-0.25, -0.2) is 0 Å². The van der Waals surface area contributed by atoms with Crippen molar-refractivity contribution < 1.29 is 19.1 Å². The van der Waals surface area contributed by atoms with Gasteiger partial charge in [0, 0.05) is 43.9 Å². The Morgan fingerprint density at radius 1 is 1.05 bits per heavy atom. The Morgan fingerprint density at radius 2 is 1.81 bits per heavy atom. The Kier molecular flexibility index (Phi) is 7.65. The van der Waals surface area contributed by atoms with Gasteiger partial charge in [0.05, 0.1) is 23.1 Å². The molecular weight excluding hydrogens is 488 g/mol. The van der Waals surface area contributed by atoms with Crippen molar-refractivity contribution in [3.8, 4) is 11.1 Å². The van der Waals surface area contributed by atoms with E-state index in [0.717, 1.165) is 65.7 Å². The maximum atomic E-state index is 13.1. The van der Waals surface area contributed by atoms with Gasteiger partial charge in [0.15, 0.2) is 5.78 Å². The van der Waals surface area contributed by atoms with Crippen LogP contribution in [0.5, 0.6) is 0 Å². The number of thiophene rings is 1. The van der Waals surface area contributed by atoms with Gasteiger partial charge >= 0.3 is 11.8 Å². The predicted octanol–water partition coefficient (Wildman–Crippen LogP) is 3.56. The van der Waals surface area contributed by atoms with Crippen molar-refractivity contribution in [1.29, 1.82) is 0 Å². The minimum Gasteiger partial charge on any atom is -0.378 e. The average Bonchev–Trinajstić information content (AvgIpc) is 3.52. The third-order valence-corrected chi connectivity index (χ3v) is 8.70. The Bertz CT molecular complexity index is 1180. The van der Waals surface area contributed by atoms with Crippen LogP contribution in [0.15, 0.2) is 24.3 Å². The molecule has 2 amide bonds. The minimum absolute atomic E-state index is 0.110. The van der Waals surface area contributed by atoms with Gasteiger partial charge < -0.3 is 25.2 Å². The molecule has 2 aromatic rings. The number of fused-ring (bicyclic) bond motifs is 1. The van der Waals surface area contributed by atoms with E-state index < -0.39 is 11.8 Å². The Hall–Kier alpha value is -2.75. The first kappa shape index (κ1) is 25.9. The first-order chi connectivity index (χ1) is 17.8. The van der Waals surface area contributed by atoms with Crippen molar-refractivity contribution in [3.05, 3.63) is 34.7 Å². The first-order valence-electron chi connectivity index (χ1n) is 13.2. The van der Waals surface area contributed by atoms with Crippen molar-refractivity contribution in [3.63, 3.8) is 0 Å². The summed E-state index contributed by atoms with van der Waals surface area (Å²) in [5, 5.41) is 6.58. The zero-order chi connectivity index (χ0) is 26.0. The molecule has 0 saturated carbocycles. The number of ether oxygens (including phenoxy) is 1. The number of amides is 2. The summed E-state index contributed by atoms with van der Waals surface area (Å²) in [7, 11) is 0. The number of hydrogen-bond acceptors (Lipinski definition) is 7. The Labute approximate surface area is 222 Å². The Morgan fingerprint density at radius 3 is 2.57 bits per heavy atom. The number of morpholine rings is 1. The summed E-state index contributed by atoms with van der Waals surface area (Å²) < 4.78 is 5.57. The second kappa shape index (κ2) is 10.9. The van der Waals surface area contributed by atoms with Crippen LogP contribution in [0.1, 0.15) is 48.3 Å². The number of Topliss-reactive ketones (excluding diaryl/α,β-unsaturated/α-hetero) is 1. The number of carbonyl (C=O) groups excluding carboxylic acids is 3. The summed E-state index contributed by atoms with van der Waals surface area (Å²) in [6.07, 6.45) is 3.75. The zero-order valence-corrected chi connectivity index (χ0v) is 22.5. The van der Waals surface area contributed by atoms with E-state index in [0.29, 0.717) is 31.9 Å². The second-order valence-electron chi connectivity index (χ2n) is 11.0. The van der Waals surface area contributed by atoms with Crippen LogP contribution in [0.25, 0.3) is 11.1 Å². The van der Waals surface area contributed by atoms with Gasteiger partial charge in [0.25, 0.3) is 0 Å². The molecule has 0 radical (unpaired) electrons. The number of benzene rings is 1. The monoisotopic (exact) mass is 524 g/mol. The van der Waals surface area contributed by atoms with Crippen molar-refractivity contribution in [1.82, 2.24) is 10.2 Å². The molecule has 2 fully saturated rings. The lowest BCUT2D eigenvalue weighted by Crippen LogP contribution is -2.39. The highest BCUT2D eigenvalue weighted by Crippen LogP contribution is 2.49. The summed E-state index contributed by atoms with van der Waals surface area (Å²) in [5.41, 5.74) is 3.55. The van der Waals surface area contributed by atoms with Gasteiger partial charge in [0.2, 0.25) is 0 Å². The summed E-state index contributed by atoms with van der Waals surface area (Å²) in [6.45, 7) is 10.5. The van der Waals surface area contributed by atoms with Crippen LogP contribution in [-0.4, -0.2) is 75.0 Å². The van der Waals surface area contributed by atoms with E-state index in [-0.39, 0.29) is 11.2 Å². The summed E-state index contributed by atoms with van der Waals surface area (Å²) >= 11 is 1.58. The van der Waals surface area contributed by atoms with E-state index in [1.807, 2.05) is 18.2 Å². The summed E-state index contributed by atoms with van der Waals surface area (Å²) in [5.74, 6) is -1.10. The van der Waals surface area contributed by atoms with Crippen LogP contribution in [0.3, 0.4) is 0 Å². The molecule has 37 heavy (non-hydrogen) atoms. The van der Waals surface area contributed by atoms with Gasteiger partial charge in [0.1, 0.15) is 0 Å². The van der Waals surface area contributed by atoms with Crippen molar-refractivity contribution in [2.45, 2.75) is 39.5 Å². The SMILES string of the molecule is CC1(C)CC(=O)c2sc(N3CCOCC3)c(-c3cccc(NC(=O)C(=O)NCCN4CCCC4)c3)c2C1. The van der Waals surface area contributed by atoms with Crippen molar-refractivity contribution in [2.75, 3.05) is 62.7 Å². The molecule has 3 heterocycles. The molecule has 1 aromatic heterocycles. The standard InChI is InChI=1S/C28H36N4O4S/c1-28(2)17-21-23(27(32-12-14-36-15-13-32)37-24(21)22(33)18-28)19-6-5-7-20(16-19)30-26(35)25(34)29-8-11-31-9-3-4-10-31/h5-7,16H,3-4,8-15,17-18H2,1-2H3,(H,29,34)(H,30,35). The normalized spacial score (nSPS) is 19.5. The lowest BCUT2D eigenvalue weighted by molar-refractivity contribution is -0.136. The number of likely N-dealkylation sites (tertiary alicyclic amines) is 1. The Balaban J connectivity index is 1.37. The van der Waals surface area contributed by atoms with E-state index in [2.05, 4.69) is 34.3 Å². The fourth-order valence-corrected chi connectivity index (χ4v) is 6.87. The molecule has 5 rings (SSSR count). The maximum Gasteiger partial charge on any atom is 0.313 e. The molecule has 9 heteroatoms. The highest BCUT2D eigenvalue weighted by Gasteiger charge is 2.37. The molecule has 8 nitrogen and oxygen atoms in total. The lowest BCUT2D eigenvalue weighted by Gasteiger charge is -2.30. The number of nitrogens with one attached hydrogen (secondary N) is 2. The first-order valence-corrected chi connectivity index (χ1v) is 14.1. The molecule has 0 bridgehead atoms. The highest BCUT2D eigenvalue weighted by molar-refractivity contribution is 7.19. The van der Waals surface area contributed by atoms with E-state index in [9.17, 15) is 14.4 Å². The highest BCUT2D eigenvalue weighted by atomic mass is 32.1. The molecule has 1 aliphatic carbocycles. The van der Waals surface area contributed by atoms with Crippen LogP contribution >= 0.6 is 11.3 Å². The lowest BCUT2D eigenvalue weighted by atomic mass is 9.75. The molecule has 3 aliphatic rings. The molecule has 0 unspecified atom stereocenters. The van der Waals surface area contributed by atoms with Gasteiger partial charge in [-0.1, -0.05) is 26.0 Å². The number of carbonyl (C=O) groups is 3. The fourth-order valence-electron chi connectivity index (χ4n) is 5.54. The van der Waals surface area contributed by atoms with Crippen LogP contribution in [0.2, 0.25) is 0 Å². The number of anilines is 2. The molecule has 1 aromatic carbocycles. The molecule has 2 saturated heterocycles. The number of hydrogen-bond donors (Lipinski definition) is 2. The van der Waals surface area contributed by atoms with Gasteiger partial charge in [-0.05, 0) is 61.0 Å². The van der Waals surface area contributed by atoms with Gasteiger partial charge in [-0.2, -0.15) is 0 Å². The number of rotatable bonds is 6. The van der Waals surface area contributed by atoms with E-state index in [1.165, 1.54) is 12.8 Å². The fraction of sp³-hybridized carbons (Fsp3) is 0.536. The zero-order valence-electron chi connectivity index (χ0n) is 21.7. The summed E-state index contributed by atoms with van der Waals surface area (Å²) in [6, 6.07) is 7.61. The number of ketones is 1. The molecule has 198 valence electrons. The molecule has 0 spiro atoms. The van der Waals surface area contributed by atoms with Gasteiger partial charge in [-0.15, -0.1) is 11.3 Å². The van der Waals surface area contributed by atoms with Crippen LogP contribution in [0.4, 0.5) is 10.7 Å². The average molecular weight is 525 g/mol. The van der Waals surface area contributed by atoms with Crippen LogP contribution < -0.4 is 15.5 Å². The van der Waals surface area contributed by atoms with Crippen LogP contribution in [0, 0.1) is 5.41 Å². The number of nitrogens with zero attached hydrogens (tertiary/aromatic N) is 2. The predicted molar refractivity (Wildman–Crippen MR) is 147 cm³/mol. The van der Waals surface area contributed by atoms with Crippen molar-refractivity contribution >= 4 is 39.6 Å². The van der Waals surface area contributed by atoms with E-state index in [1.54, 1.807) is 17.4 Å². The smallest absolute Gasteiger partial charge is 0.313 e. The molecular formula is C28H36N4O4S. The minimum atomic E-state index is -0.671. The van der Waals surface area contributed by atoms with Crippen LogP contribution in [-0.2, 0) is 20.7 Å². The quantitative estimate of drug-likeness (QED) is 0.562. The van der Waals surface area contributed by atoms with Crippen molar-refractivity contribution in [2.24, 2.45) is 5.41 Å². The molecule has 2 N–H and O–H groups in total. The van der Waals surface area contributed by atoms with E-state index >= 15 is 0 Å². The third kappa shape index (κ3) is 5.89. The topological polar surface area (TPSA) is 91.0 Å². The van der Waals surface area contributed by atoms with E-state index in [4.69, 9.17) is 4.74 Å². The maximum absolute atomic E-state index is 13.1. The van der Waals surface area contributed by atoms with Gasteiger partial charge in [-0.3, -0.25) is 14.4 Å². The third-order valence-electron chi connectivity index (χ3n) is 7.36. The molecule has 2 aliphatic heterocycles.